The molecule has 0 radical (unpaired) electrons. The Bertz CT molecular complexity index is 1330. The van der Waals surface area contributed by atoms with Crippen LogP contribution in [0.2, 0.25) is 5.02 Å². The largest absolute Gasteiger partial charge is 0.418 e. The molecule has 0 saturated heterocycles. The van der Waals surface area contributed by atoms with Gasteiger partial charge in [-0.1, -0.05) is 11.6 Å². The normalized spacial score (nSPS) is 12.8. The van der Waals surface area contributed by atoms with Crippen LogP contribution in [0.15, 0.2) is 41.7 Å². The van der Waals surface area contributed by atoms with E-state index in [1.54, 1.807) is 6.92 Å². The number of fused-ring (bicyclic) bond motifs is 1. The zero-order chi connectivity index (χ0) is 22.3. The Morgan fingerprint density at radius 2 is 1.90 bits per heavy atom. The highest BCUT2D eigenvalue weighted by Gasteiger charge is 2.34. The molecule has 160 valence electrons. The predicted molar refractivity (Wildman–Crippen MR) is 106 cm³/mol. The Morgan fingerprint density at radius 1 is 1.13 bits per heavy atom. The molecule has 1 atom stereocenters. The van der Waals surface area contributed by atoms with Gasteiger partial charge in [-0.2, -0.15) is 23.0 Å². The number of aromatic nitrogens is 7. The average molecular weight is 451 g/mol. The summed E-state index contributed by atoms with van der Waals surface area (Å²) in [5.74, 6) is 0.891. The van der Waals surface area contributed by atoms with Crippen molar-refractivity contribution in [3.63, 3.8) is 0 Å². The molecule has 0 saturated carbocycles. The maximum Gasteiger partial charge on any atom is 0.418 e. The number of hydrogen-bond acceptors (Lipinski definition) is 7. The predicted octanol–water partition coefficient (Wildman–Crippen LogP) is 3.15. The van der Waals surface area contributed by atoms with Crippen LogP contribution in [0, 0.1) is 0 Å². The first-order chi connectivity index (χ1) is 14.6. The second kappa shape index (κ2) is 7.61. The fourth-order valence-electron chi connectivity index (χ4n) is 3.06. The van der Waals surface area contributed by atoms with Gasteiger partial charge >= 0.3 is 6.18 Å². The number of nitrogens with one attached hydrogen (secondary N) is 1. The molecular formula is C18H14ClF3N8O. The molecule has 0 amide bonds. The summed E-state index contributed by atoms with van der Waals surface area (Å²) in [7, 11) is 1.50. The molecule has 0 aliphatic carbocycles. The van der Waals surface area contributed by atoms with E-state index in [1.165, 1.54) is 36.3 Å². The Labute approximate surface area is 177 Å². The summed E-state index contributed by atoms with van der Waals surface area (Å²) in [5.41, 5.74) is -1.52. The Morgan fingerprint density at radius 3 is 2.61 bits per heavy atom. The minimum atomic E-state index is -4.63. The van der Waals surface area contributed by atoms with Crippen molar-refractivity contribution in [1.29, 1.82) is 0 Å². The van der Waals surface area contributed by atoms with E-state index in [0.717, 1.165) is 17.1 Å². The average Bonchev–Trinajstić information content (AvgIpc) is 3.19. The Kier molecular flexibility index (Phi) is 5.09. The first-order valence-electron chi connectivity index (χ1n) is 8.88. The van der Waals surface area contributed by atoms with E-state index < -0.39 is 17.8 Å². The molecule has 0 aliphatic rings. The second-order valence-corrected chi connectivity index (χ2v) is 7.06. The monoisotopic (exact) mass is 450 g/mol. The minimum Gasteiger partial charge on any atom is -0.360 e. The molecule has 1 aromatic carbocycles. The molecule has 3 aromatic heterocycles. The number of anilines is 1. The van der Waals surface area contributed by atoms with E-state index in [9.17, 15) is 18.0 Å². The first-order valence-corrected chi connectivity index (χ1v) is 9.25. The van der Waals surface area contributed by atoms with Gasteiger partial charge in [0.05, 0.1) is 17.1 Å². The summed E-state index contributed by atoms with van der Waals surface area (Å²) in [6.07, 6.45) is -2.29. The van der Waals surface area contributed by atoms with Crippen molar-refractivity contribution in [3.05, 3.63) is 63.7 Å². The van der Waals surface area contributed by atoms with Gasteiger partial charge in [-0.3, -0.25) is 4.79 Å². The minimum absolute atomic E-state index is 0.0945. The number of rotatable bonds is 4. The van der Waals surface area contributed by atoms with Gasteiger partial charge in [-0.25, -0.2) is 19.6 Å². The molecule has 4 rings (SSSR count). The fraction of sp³-hybridized carbons (Fsp3) is 0.222. The van der Waals surface area contributed by atoms with Gasteiger partial charge in [0.2, 0.25) is 0 Å². The summed E-state index contributed by atoms with van der Waals surface area (Å²) >= 11 is 5.92. The van der Waals surface area contributed by atoms with Crippen LogP contribution in [0.5, 0.6) is 0 Å². The van der Waals surface area contributed by atoms with Gasteiger partial charge in [0.25, 0.3) is 5.56 Å². The number of alkyl halides is 3. The topological polar surface area (TPSA) is 103 Å². The molecule has 1 unspecified atom stereocenters. The smallest absolute Gasteiger partial charge is 0.360 e. The molecular weight excluding hydrogens is 437 g/mol. The van der Waals surface area contributed by atoms with Crippen molar-refractivity contribution in [2.45, 2.75) is 19.1 Å². The molecule has 0 fully saturated rings. The van der Waals surface area contributed by atoms with Crippen LogP contribution in [-0.2, 0) is 13.2 Å². The van der Waals surface area contributed by atoms with Crippen molar-refractivity contribution < 1.29 is 13.2 Å². The molecule has 1 N–H and O–H groups in total. The molecule has 31 heavy (non-hydrogen) atoms. The molecule has 3 heterocycles. The quantitative estimate of drug-likeness (QED) is 0.509. The maximum absolute atomic E-state index is 13.4. The van der Waals surface area contributed by atoms with Gasteiger partial charge in [0, 0.05) is 23.5 Å². The number of hydrogen-bond donors (Lipinski definition) is 1. The first kappa shape index (κ1) is 20.7. The third kappa shape index (κ3) is 3.93. The van der Waals surface area contributed by atoms with Gasteiger partial charge in [0.1, 0.15) is 18.5 Å². The highest BCUT2D eigenvalue weighted by atomic mass is 35.5. The lowest BCUT2D eigenvalue weighted by atomic mass is 10.1. The van der Waals surface area contributed by atoms with Gasteiger partial charge in [-0.15, -0.1) is 5.10 Å². The zero-order valence-corrected chi connectivity index (χ0v) is 16.8. The fourth-order valence-corrected chi connectivity index (χ4v) is 3.28. The lowest BCUT2D eigenvalue weighted by Crippen LogP contribution is -2.22. The lowest BCUT2D eigenvalue weighted by molar-refractivity contribution is -0.136. The van der Waals surface area contributed by atoms with Crippen molar-refractivity contribution >= 4 is 28.3 Å². The third-order valence-electron chi connectivity index (χ3n) is 4.49. The highest BCUT2D eigenvalue weighted by Crippen LogP contribution is 2.37. The summed E-state index contributed by atoms with van der Waals surface area (Å²) in [5, 5.41) is 11.3. The molecule has 0 bridgehead atoms. The molecule has 13 heteroatoms. The van der Waals surface area contributed by atoms with Crippen molar-refractivity contribution in [2.24, 2.45) is 7.05 Å². The van der Waals surface area contributed by atoms with Crippen molar-refractivity contribution in [1.82, 2.24) is 34.5 Å². The van der Waals surface area contributed by atoms with Crippen LogP contribution < -0.4 is 10.9 Å². The van der Waals surface area contributed by atoms with E-state index in [-0.39, 0.29) is 27.3 Å². The summed E-state index contributed by atoms with van der Waals surface area (Å²) < 4.78 is 42.8. The lowest BCUT2D eigenvalue weighted by Gasteiger charge is -2.17. The van der Waals surface area contributed by atoms with Crippen LogP contribution >= 0.6 is 11.6 Å². The third-order valence-corrected chi connectivity index (χ3v) is 4.71. The van der Waals surface area contributed by atoms with Crippen molar-refractivity contribution in [3.8, 4) is 5.82 Å². The molecule has 9 nitrogen and oxygen atoms in total. The molecule has 0 spiro atoms. The van der Waals surface area contributed by atoms with E-state index in [1.807, 2.05) is 0 Å². The van der Waals surface area contributed by atoms with Crippen molar-refractivity contribution in [2.75, 3.05) is 5.32 Å². The van der Waals surface area contributed by atoms with Crippen LogP contribution in [0.25, 0.3) is 16.7 Å². The summed E-state index contributed by atoms with van der Waals surface area (Å²) in [6.45, 7) is 1.73. The van der Waals surface area contributed by atoms with E-state index in [0.29, 0.717) is 11.6 Å². The van der Waals surface area contributed by atoms with Crippen LogP contribution in [0.1, 0.15) is 24.4 Å². The highest BCUT2D eigenvalue weighted by molar-refractivity contribution is 6.31. The summed E-state index contributed by atoms with van der Waals surface area (Å²) in [6, 6.07) is 4.47. The van der Waals surface area contributed by atoms with Crippen LogP contribution in [-0.4, -0.2) is 34.5 Å². The number of aryl methyl sites for hydroxylation is 1. The number of benzene rings is 1. The van der Waals surface area contributed by atoms with E-state index in [2.05, 4.69) is 30.5 Å². The Hall–Kier alpha value is -3.54. The van der Waals surface area contributed by atoms with Gasteiger partial charge < -0.3 is 5.32 Å². The second-order valence-electron chi connectivity index (χ2n) is 6.62. The van der Waals surface area contributed by atoms with E-state index >= 15 is 0 Å². The SMILES string of the molecule is CC(Nc1ncnc2c(C(F)(F)F)cc(Cl)cc12)c1ncnn1-c1ccc(=O)n(C)n1. The summed E-state index contributed by atoms with van der Waals surface area (Å²) in [4.78, 5) is 23.7. The standard InChI is InChI=1S/C18H14ClF3N8O/c1-9(17-25-8-26-30(17)13-3-4-14(31)29(2)28-13)27-16-11-5-10(19)6-12(18(20,21)22)15(11)23-7-24-16/h3-9H,1-2H3,(H,23,24,27). The number of halogens is 4. The molecule has 4 aromatic rings. The van der Waals surface area contributed by atoms with Gasteiger partial charge in [0.15, 0.2) is 11.6 Å². The van der Waals surface area contributed by atoms with Crippen LogP contribution in [0.4, 0.5) is 19.0 Å². The maximum atomic E-state index is 13.4. The van der Waals surface area contributed by atoms with E-state index in [4.69, 9.17) is 11.6 Å². The number of nitrogens with zero attached hydrogens (tertiary/aromatic N) is 7. The van der Waals surface area contributed by atoms with Crippen LogP contribution in [0.3, 0.4) is 0 Å². The van der Waals surface area contributed by atoms with Gasteiger partial charge in [-0.05, 0) is 25.1 Å². The zero-order valence-electron chi connectivity index (χ0n) is 16.1. The molecule has 0 aliphatic heterocycles. The Balaban J connectivity index is 1.75.